The molecule has 0 spiro atoms. The number of Topliss-reactive ketones (excluding diaryl/α,β-unsaturated/α-hetero) is 1. The molecule has 0 saturated carbocycles. The zero-order valence-electron chi connectivity index (χ0n) is 9.38. The first-order chi connectivity index (χ1) is 7.70. The van der Waals surface area contributed by atoms with Crippen LogP contribution in [0.3, 0.4) is 0 Å². The highest BCUT2D eigenvalue weighted by Gasteiger charge is 2.20. The maximum absolute atomic E-state index is 11.5. The van der Waals surface area contributed by atoms with Gasteiger partial charge in [0.25, 0.3) is 0 Å². The van der Waals surface area contributed by atoms with E-state index in [1.807, 2.05) is 6.07 Å². The summed E-state index contributed by atoms with van der Waals surface area (Å²) in [5.41, 5.74) is 2.34. The van der Waals surface area contributed by atoms with E-state index in [0.29, 0.717) is 25.2 Å². The van der Waals surface area contributed by atoms with E-state index in [-0.39, 0.29) is 0 Å². The van der Waals surface area contributed by atoms with Crippen molar-refractivity contribution in [2.75, 3.05) is 6.61 Å². The summed E-state index contributed by atoms with van der Waals surface area (Å²) < 4.78 is 6.73. The first-order valence-corrected chi connectivity index (χ1v) is 6.45. The summed E-state index contributed by atoms with van der Waals surface area (Å²) in [4.78, 5) is 11.5. The minimum absolute atomic E-state index is 0.316. The van der Waals surface area contributed by atoms with Gasteiger partial charge in [0, 0.05) is 22.9 Å². The Labute approximate surface area is 104 Å². The lowest BCUT2D eigenvalue weighted by Gasteiger charge is -2.19. The monoisotopic (exact) mass is 282 g/mol. The van der Waals surface area contributed by atoms with Crippen molar-refractivity contribution in [1.29, 1.82) is 0 Å². The van der Waals surface area contributed by atoms with E-state index in [1.54, 1.807) is 0 Å². The lowest BCUT2D eigenvalue weighted by molar-refractivity contribution is -0.118. The molecule has 0 saturated heterocycles. The minimum Gasteiger partial charge on any atom is -0.493 e. The van der Waals surface area contributed by atoms with Gasteiger partial charge < -0.3 is 4.74 Å². The Balaban J connectivity index is 2.35. The van der Waals surface area contributed by atoms with Crippen LogP contribution >= 0.6 is 15.9 Å². The van der Waals surface area contributed by atoms with Crippen LogP contribution in [0.2, 0.25) is 0 Å². The Hall–Kier alpha value is -0.830. The topological polar surface area (TPSA) is 26.3 Å². The summed E-state index contributed by atoms with van der Waals surface area (Å²) in [6, 6.07) is 4.06. The summed E-state index contributed by atoms with van der Waals surface area (Å²) >= 11 is 3.48. The van der Waals surface area contributed by atoms with Crippen molar-refractivity contribution in [3.63, 3.8) is 0 Å². The highest BCUT2D eigenvalue weighted by atomic mass is 79.9. The fraction of sp³-hybridized carbons (Fsp3) is 0.462. The van der Waals surface area contributed by atoms with Gasteiger partial charge in [-0.2, -0.15) is 0 Å². The number of ether oxygens (including phenoxy) is 1. The van der Waals surface area contributed by atoms with E-state index in [2.05, 4.69) is 28.9 Å². The molecule has 0 N–H and O–H groups in total. The van der Waals surface area contributed by atoms with Crippen LogP contribution in [0.15, 0.2) is 16.6 Å². The Bertz CT molecular complexity index is 413. The number of hydrogen-bond donors (Lipinski definition) is 0. The van der Waals surface area contributed by atoms with Crippen LogP contribution in [0.4, 0.5) is 0 Å². The highest BCUT2D eigenvalue weighted by molar-refractivity contribution is 9.10. The van der Waals surface area contributed by atoms with Crippen LogP contribution in [0.5, 0.6) is 5.75 Å². The van der Waals surface area contributed by atoms with Crippen LogP contribution in [-0.2, 0) is 17.6 Å². The number of aryl methyl sites for hydroxylation is 1. The highest BCUT2D eigenvalue weighted by Crippen LogP contribution is 2.32. The van der Waals surface area contributed by atoms with Crippen molar-refractivity contribution in [3.05, 3.63) is 27.7 Å². The number of rotatable bonds is 3. The number of hydrogen-bond acceptors (Lipinski definition) is 2. The SMILES string of the molecule is CCCOc1cc(Br)cc2c1CC(=O)CC2. The molecular formula is C13H15BrO2. The van der Waals surface area contributed by atoms with Crippen LogP contribution in [0, 0.1) is 0 Å². The van der Waals surface area contributed by atoms with Gasteiger partial charge in [0.05, 0.1) is 6.61 Å². The van der Waals surface area contributed by atoms with Gasteiger partial charge in [-0.05, 0) is 30.5 Å². The zero-order valence-corrected chi connectivity index (χ0v) is 11.0. The van der Waals surface area contributed by atoms with Crippen LogP contribution in [0.25, 0.3) is 0 Å². The number of carbonyl (C=O) groups excluding carboxylic acids is 1. The van der Waals surface area contributed by atoms with Crippen molar-refractivity contribution in [2.24, 2.45) is 0 Å². The van der Waals surface area contributed by atoms with Gasteiger partial charge >= 0.3 is 0 Å². The van der Waals surface area contributed by atoms with Gasteiger partial charge in [-0.1, -0.05) is 22.9 Å². The third-order valence-corrected chi connectivity index (χ3v) is 3.23. The van der Waals surface area contributed by atoms with E-state index in [9.17, 15) is 4.79 Å². The summed E-state index contributed by atoms with van der Waals surface area (Å²) in [7, 11) is 0. The Morgan fingerprint density at radius 1 is 1.38 bits per heavy atom. The molecule has 0 atom stereocenters. The van der Waals surface area contributed by atoms with Crippen molar-refractivity contribution in [3.8, 4) is 5.75 Å². The zero-order chi connectivity index (χ0) is 11.5. The van der Waals surface area contributed by atoms with Crippen LogP contribution in [0.1, 0.15) is 30.9 Å². The number of benzene rings is 1. The number of fused-ring (bicyclic) bond motifs is 1. The molecular weight excluding hydrogens is 268 g/mol. The van der Waals surface area contributed by atoms with Crippen molar-refractivity contribution < 1.29 is 9.53 Å². The van der Waals surface area contributed by atoms with Gasteiger partial charge in [-0.25, -0.2) is 0 Å². The second-order valence-electron chi connectivity index (χ2n) is 4.11. The Morgan fingerprint density at radius 2 is 2.19 bits per heavy atom. The second-order valence-corrected chi connectivity index (χ2v) is 5.02. The second kappa shape index (κ2) is 5.00. The molecule has 2 rings (SSSR count). The standard InChI is InChI=1S/C13H15BrO2/c1-2-5-16-13-7-10(14)6-9-3-4-11(15)8-12(9)13/h6-7H,2-5,8H2,1H3. The summed E-state index contributed by atoms with van der Waals surface area (Å²) in [5.74, 6) is 1.19. The molecule has 1 aromatic rings. The van der Waals surface area contributed by atoms with E-state index >= 15 is 0 Å². The molecule has 86 valence electrons. The maximum atomic E-state index is 11.5. The number of ketones is 1. The molecule has 0 fully saturated rings. The molecule has 0 aliphatic heterocycles. The Kier molecular flexibility index (Phi) is 3.64. The molecule has 1 aliphatic carbocycles. The van der Waals surface area contributed by atoms with E-state index in [4.69, 9.17) is 4.74 Å². The summed E-state index contributed by atoms with van der Waals surface area (Å²) in [5, 5.41) is 0. The normalized spacial score (nSPS) is 14.8. The average Bonchev–Trinajstić information content (AvgIpc) is 2.26. The van der Waals surface area contributed by atoms with E-state index < -0.39 is 0 Å². The van der Waals surface area contributed by atoms with Crippen LogP contribution < -0.4 is 4.74 Å². The van der Waals surface area contributed by atoms with Gasteiger partial charge in [0.15, 0.2) is 0 Å². The summed E-state index contributed by atoms with van der Waals surface area (Å²) in [6.07, 6.45) is 3.02. The smallest absolute Gasteiger partial charge is 0.137 e. The third kappa shape index (κ3) is 2.46. The third-order valence-electron chi connectivity index (χ3n) is 2.77. The minimum atomic E-state index is 0.316. The molecule has 0 heterocycles. The molecule has 1 aromatic carbocycles. The molecule has 0 radical (unpaired) electrons. The predicted molar refractivity (Wildman–Crippen MR) is 67.0 cm³/mol. The summed E-state index contributed by atoms with van der Waals surface area (Å²) in [6.45, 7) is 2.78. The largest absolute Gasteiger partial charge is 0.493 e. The molecule has 16 heavy (non-hydrogen) atoms. The van der Waals surface area contributed by atoms with Gasteiger partial charge in [0.1, 0.15) is 11.5 Å². The molecule has 0 amide bonds. The molecule has 2 nitrogen and oxygen atoms in total. The fourth-order valence-corrected chi connectivity index (χ4v) is 2.47. The first-order valence-electron chi connectivity index (χ1n) is 5.66. The van der Waals surface area contributed by atoms with Crippen LogP contribution in [-0.4, -0.2) is 12.4 Å². The van der Waals surface area contributed by atoms with E-state index in [1.165, 1.54) is 5.56 Å². The van der Waals surface area contributed by atoms with Gasteiger partial charge in [0.2, 0.25) is 0 Å². The van der Waals surface area contributed by atoms with E-state index in [0.717, 1.165) is 28.6 Å². The van der Waals surface area contributed by atoms with Crippen molar-refractivity contribution >= 4 is 21.7 Å². The molecule has 0 aromatic heterocycles. The molecule has 1 aliphatic rings. The maximum Gasteiger partial charge on any atom is 0.137 e. The van der Waals surface area contributed by atoms with Gasteiger partial charge in [-0.15, -0.1) is 0 Å². The molecule has 0 bridgehead atoms. The lowest BCUT2D eigenvalue weighted by atomic mass is 9.90. The Morgan fingerprint density at radius 3 is 2.94 bits per heavy atom. The number of halogens is 1. The van der Waals surface area contributed by atoms with Crippen molar-refractivity contribution in [1.82, 2.24) is 0 Å². The first kappa shape index (κ1) is 11.6. The molecule has 0 unspecified atom stereocenters. The van der Waals surface area contributed by atoms with Gasteiger partial charge in [-0.3, -0.25) is 4.79 Å². The average molecular weight is 283 g/mol. The molecule has 3 heteroatoms. The van der Waals surface area contributed by atoms with Crippen molar-refractivity contribution in [2.45, 2.75) is 32.6 Å². The predicted octanol–water partition coefficient (Wildman–Crippen LogP) is 3.30. The number of carbonyl (C=O) groups is 1. The quantitative estimate of drug-likeness (QED) is 0.850. The lowest BCUT2D eigenvalue weighted by Crippen LogP contribution is -2.15. The fourth-order valence-electron chi connectivity index (χ4n) is 1.99.